The van der Waals surface area contributed by atoms with Crippen molar-refractivity contribution in [3.8, 4) is 0 Å². The molecule has 16 heavy (non-hydrogen) atoms. The van der Waals surface area contributed by atoms with Gasteiger partial charge in [0.25, 0.3) is 0 Å². The molecule has 0 amide bonds. The molecule has 0 aliphatic rings. The van der Waals surface area contributed by atoms with Gasteiger partial charge in [0.15, 0.2) is 0 Å². The minimum Gasteiger partial charge on any atom is -0.229 e. The van der Waals surface area contributed by atoms with Crippen LogP contribution in [0.2, 0.25) is 0 Å². The maximum Gasteiger partial charge on any atom is 0.150 e. The summed E-state index contributed by atoms with van der Waals surface area (Å²) in [6, 6.07) is 0. The van der Waals surface area contributed by atoms with E-state index >= 15 is 0 Å². The van der Waals surface area contributed by atoms with Crippen molar-refractivity contribution >= 4 is 9.84 Å². The lowest BCUT2D eigenvalue weighted by atomic mass is 10.1. The minimum atomic E-state index is -2.73. The van der Waals surface area contributed by atoms with Crippen LogP contribution < -0.4 is 0 Å². The highest BCUT2D eigenvalue weighted by Gasteiger charge is 2.07. The Hall–Kier alpha value is -0.0500. The maximum absolute atomic E-state index is 11.4. The average Bonchev–Trinajstić information content (AvgIpc) is 2.22. The van der Waals surface area contributed by atoms with Crippen LogP contribution in [0.25, 0.3) is 0 Å². The van der Waals surface area contributed by atoms with Gasteiger partial charge in [-0.15, -0.1) is 0 Å². The van der Waals surface area contributed by atoms with Crippen molar-refractivity contribution in [3.63, 3.8) is 0 Å². The van der Waals surface area contributed by atoms with Gasteiger partial charge >= 0.3 is 0 Å². The Morgan fingerprint density at radius 2 is 1.12 bits per heavy atom. The minimum absolute atomic E-state index is 0.365. The highest BCUT2D eigenvalue weighted by atomic mass is 32.2. The fraction of sp³-hybridized carbons (Fsp3) is 1.00. The fourth-order valence-electron chi connectivity index (χ4n) is 1.87. The molecule has 3 heteroatoms. The molecule has 0 rings (SSSR count). The summed E-state index contributed by atoms with van der Waals surface area (Å²) in [4.78, 5) is 0. The second-order valence-electron chi connectivity index (χ2n) is 4.63. The summed E-state index contributed by atoms with van der Waals surface area (Å²) in [5.41, 5.74) is 0. The molecule has 0 saturated heterocycles. The molecule has 0 fully saturated rings. The normalized spacial score (nSPS) is 11.9. The van der Waals surface area contributed by atoms with Gasteiger partial charge in [0.2, 0.25) is 0 Å². The SMILES string of the molecule is CCCCCCCCCCS(=O)(=O)CCC. The lowest BCUT2D eigenvalue weighted by Crippen LogP contribution is -2.10. The monoisotopic (exact) mass is 248 g/mol. The van der Waals surface area contributed by atoms with Crippen molar-refractivity contribution in [3.05, 3.63) is 0 Å². The Morgan fingerprint density at radius 3 is 1.62 bits per heavy atom. The third-order valence-electron chi connectivity index (χ3n) is 2.82. The predicted octanol–water partition coefficient (Wildman–Crippen LogP) is 3.95. The summed E-state index contributed by atoms with van der Waals surface area (Å²) in [5, 5.41) is 0. The molecule has 2 nitrogen and oxygen atoms in total. The molecule has 98 valence electrons. The van der Waals surface area contributed by atoms with Gasteiger partial charge in [0, 0.05) is 5.75 Å². The second kappa shape index (κ2) is 10.1. The first-order chi connectivity index (χ1) is 7.62. The van der Waals surface area contributed by atoms with Gasteiger partial charge < -0.3 is 0 Å². The van der Waals surface area contributed by atoms with Crippen LogP contribution in [-0.4, -0.2) is 19.9 Å². The van der Waals surface area contributed by atoms with Crippen LogP contribution in [0.4, 0.5) is 0 Å². The third-order valence-corrected chi connectivity index (χ3v) is 4.76. The van der Waals surface area contributed by atoms with Gasteiger partial charge in [0.1, 0.15) is 9.84 Å². The molecule has 0 unspecified atom stereocenters. The molecule has 0 aromatic heterocycles. The predicted molar refractivity (Wildman–Crippen MR) is 71.6 cm³/mol. The first kappa shape index (κ1) is 16.0. The molecule has 0 aliphatic carbocycles. The van der Waals surface area contributed by atoms with Crippen LogP contribution in [0.3, 0.4) is 0 Å². The quantitative estimate of drug-likeness (QED) is 0.519. The summed E-state index contributed by atoms with van der Waals surface area (Å²) in [7, 11) is -2.73. The smallest absolute Gasteiger partial charge is 0.150 e. The Kier molecular flexibility index (Phi) is 10.1. The third kappa shape index (κ3) is 10.5. The van der Waals surface area contributed by atoms with Crippen molar-refractivity contribution in [2.45, 2.75) is 71.6 Å². The maximum atomic E-state index is 11.4. The molecule has 0 spiro atoms. The van der Waals surface area contributed by atoms with E-state index in [4.69, 9.17) is 0 Å². The molecular formula is C13H28O2S. The standard InChI is InChI=1S/C13H28O2S/c1-3-5-6-7-8-9-10-11-13-16(14,15)12-4-2/h3-13H2,1-2H3. The van der Waals surface area contributed by atoms with Gasteiger partial charge in [-0.05, 0) is 12.8 Å². The Balaban J connectivity index is 3.27. The largest absolute Gasteiger partial charge is 0.229 e. The van der Waals surface area contributed by atoms with Crippen LogP contribution in [0.1, 0.15) is 71.6 Å². The molecule has 0 aromatic carbocycles. The van der Waals surface area contributed by atoms with Crippen molar-refractivity contribution in [1.82, 2.24) is 0 Å². The number of hydrogen-bond acceptors (Lipinski definition) is 2. The second-order valence-corrected chi connectivity index (χ2v) is 6.93. The van der Waals surface area contributed by atoms with E-state index in [1.165, 1.54) is 38.5 Å². The van der Waals surface area contributed by atoms with E-state index in [0.717, 1.165) is 19.3 Å². The molecule has 0 N–H and O–H groups in total. The Labute approximate surface area is 102 Å². The van der Waals surface area contributed by atoms with Crippen LogP contribution in [0.5, 0.6) is 0 Å². The lowest BCUT2D eigenvalue weighted by Gasteiger charge is -2.03. The molecule has 0 aromatic rings. The van der Waals surface area contributed by atoms with Gasteiger partial charge in [-0.2, -0.15) is 0 Å². The zero-order chi connectivity index (χ0) is 12.3. The fourth-order valence-corrected chi connectivity index (χ4v) is 3.34. The molecule has 0 heterocycles. The zero-order valence-electron chi connectivity index (χ0n) is 11.0. The molecule has 0 aliphatic heterocycles. The van der Waals surface area contributed by atoms with Crippen molar-refractivity contribution in [2.24, 2.45) is 0 Å². The lowest BCUT2D eigenvalue weighted by molar-refractivity contribution is 0.572. The molecule has 0 radical (unpaired) electrons. The van der Waals surface area contributed by atoms with Crippen LogP contribution in [0.15, 0.2) is 0 Å². The molecular weight excluding hydrogens is 220 g/mol. The number of hydrogen-bond donors (Lipinski definition) is 0. The van der Waals surface area contributed by atoms with E-state index < -0.39 is 9.84 Å². The van der Waals surface area contributed by atoms with E-state index in [1.807, 2.05) is 6.92 Å². The van der Waals surface area contributed by atoms with Gasteiger partial charge in [-0.1, -0.05) is 58.8 Å². The Morgan fingerprint density at radius 1 is 0.625 bits per heavy atom. The van der Waals surface area contributed by atoms with E-state index in [9.17, 15) is 8.42 Å². The van der Waals surface area contributed by atoms with E-state index in [-0.39, 0.29) is 0 Å². The molecule has 0 bridgehead atoms. The van der Waals surface area contributed by atoms with Gasteiger partial charge in [-0.25, -0.2) is 8.42 Å². The summed E-state index contributed by atoms with van der Waals surface area (Å²) >= 11 is 0. The highest BCUT2D eigenvalue weighted by molar-refractivity contribution is 7.91. The number of rotatable bonds is 11. The summed E-state index contributed by atoms with van der Waals surface area (Å²) in [6.45, 7) is 4.14. The Bertz CT molecular complexity index is 232. The topological polar surface area (TPSA) is 34.1 Å². The summed E-state index contributed by atoms with van der Waals surface area (Å²) < 4.78 is 22.8. The van der Waals surface area contributed by atoms with E-state index in [2.05, 4.69) is 6.92 Å². The van der Waals surface area contributed by atoms with Gasteiger partial charge in [-0.3, -0.25) is 0 Å². The van der Waals surface area contributed by atoms with Crippen LogP contribution in [0, 0.1) is 0 Å². The average molecular weight is 248 g/mol. The summed E-state index contributed by atoms with van der Waals surface area (Å²) in [5.74, 6) is 0.763. The van der Waals surface area contributed by atoms with E-state index in [1.54, 1.807) is 0 Å². The van der Waals surface area contributed by atoms with Crippen molar-refractivity contribution < 1.29 is 8.42 Å². The van der Waals surface area contributed by atoms with Crippen LogP contribution >= 0.6 is 0 Å². The first-order valence-electron chi connectivity index (χ1n) is 6.82. The first-order valence-corrected chi connectivity index (χ1v) is 8.65. The number of unbranched alkanes of at least 4 members (excludes halogenated alkanes) is 7. The van der Waals surface area contributed by atoms with Crippen molar-refractivity contribution in [2.75, 3.05) is 11.5 Å². The molecule has 0 saturated carbocycles. The van der Waals surface area contributed by atoms with E-state index in [0.29, 0.717) is 11.5 Å². The highest BCUT2D eigenvalue weighted by Crippen LogP contribution is 2.09. The number of sulfone groups is 1. The zero-order valence-corrected chi connectivity index (χ0v) is 11.8. The van der Waals surface area contributed by atoms with Gasteiger partial charge in [0.05, 0.1) is 5.75 Å². The van der Waals surface area contributed by atoms with Crippen LogP contribution in [-0.2, 0) is 9.84 Å². The summed E-state index contributed by atoms with van der Waals surface area (Å²) in [6.07, 6.45) is 10.4. The van der Waals surface area contributed by atoms with Crippen molar-refractivity contribution in [1.29, 1.82) is 0 Å². The molecule has 0 atom stereocenters.